The topological polar surface area (TPSA) is 79.3 Å². The van der Waals surface area contributed by atoms with Gasteiger partial charge in [-0.05, 0) is 35.0 Å². The maximum atomic E-state index is 12.0. The smallest absolute Gasteiger partial charge is 0.273 e. The molecule has 2 N–H and O–H groups in total. The summed E-state index contributed by atoms with van der Waals surface area (Å²) in [6, 6.07) is 3.18. The van der Waals surface area contributed by atoms with Gasteiger partial charge in [0.2, 0.25) is 0 Å². The molecule has 0 amide bonds. The molecule has 98 valence electrons. The lowest BCUT2D eigenvalue weighted by atomic mass is 10.3. The van der Waals surface area contributed by atoms with Crippen LogP contribution in [0, 0.1) is 0 Å². The van der Waals surface area contributed by atoms with E-state index in [-0.39, 0.29) is 9.34 Å². The van der Waals surface area contributed by atoms with E-state index in [0.717, 1.165) is 26.5 Å². The molecule has 2 heterocycles. The highest BCUT2D eigenvalue weighted by Crippen LogP contribution is 2.29. The fourth-order valence-corrected chi connectivity index (χ4v) is 5.19. The number of hydrogen-bond donors (Lipinski definition) is 2. The summed E-state index contributed by atoms with van der Waals surface area (Å²) in [5.74, 6) is 0. The summed E-state index contributed by atoms with van der Waals surface area (Å²) in [5, 5.41) is 11.2. The number of nitrogens with zero attached hydrogens (tertiary/aromatic N) is 1. The first kappa shape index (κ1) is 13.9. The minimum atomic E-state index is -3.60. The lowest BCUT2D eigenvalue weighted by molar-refractivity contribution is 0.195. The number of rotatable bonds is 4. The molecule has 0 aliphatic rings. The monoisotopic (exact) mass is 368 g/mol. The number of aromatic nitrogens is 1. The highest BCUT2D eigenvalue weighted by Gasteiger charge is 2.18. The van der Waals surface area contributed by atoms with Gasteiger partial charge in [0, 0.05) is 5.38 Å². The molecule has 2 rings (SSSR count). The third-order valence-electron chi connectivity index (χ3n) is 1.99. The number of aliphatic hydroxyl groups excluding tert-OH is 1. The Morgan fingerprint density at radius 1 is 1.50 bits per heavy atom. The second-order valence-corrected chi connectivity index (χ2v) is 8.65. The molecule has 2 aromatic rings. The van der Waals surface area contributed by atoms with Gasteiger partial charge in [-0.15, -0.1) is 22.7 Å². The van der Waals surface area contributed by atoms with Gasteiger partial charge < -0.3 is 5.11 Å². The third kappa shape index (κ3) is 3.09. The normalized spacial score (nSPS) is 13.5. The first-order valence-corrected chi connectivity index (χ1v) is 8.77. The van der Waals surface area contributed by atoms with Crippen LogP contribution in [-0.2, 0) is 10.0 Å². The Morgan fingerprint density at radius 3 is 2.72 bits per heavy atom. The summed E-state index contributed by atoms with van der Waals surface area (Å²) in [7, 11) is -3.60. The van der Waals surface area contributed by atoms with Crippen molar-refractivity contribution in [2.24, 2.45) is 0 Å². The zero-order valence-electron chi connectivity index (χ0n) is 9.12. The van der Waals surface area contributed by atoms with Gasteiger partial charge >= 0.3 is 0 Å². The van der Waals surface area contributed by atoms with Crippen molar-refractivity contribution in [3.63, 3.8) is 0 Å². The molecule has 1 unspecified atom stereocenters. The van der Waals surface area contributed by atoms with E-state index in [1.165, 1.54) is 6.07 Å². The van der Waals surface area contributed by atoms with E-state index in [1.807, 2.05) is 0 Å². The Labute approximate surface area is 121 Å². The summed E-state index contributed by atoms with van der Waals surface area (Å²) < 4.78 is 27.3. The van der Waals surface area contributed by atoms with Gasteiger partial charge in [-0.25, -0.2) is 13.4 Å². The molecular weight excluding hydrogens is 360 g/mol. The third-order valence-corrected chi connectivity index (χ3v) is 6.34. The van der Waals surface area contributed by atoms with Crippen LogP contribution in [0.3, 0.4) is 0 Å². The van der Waals surface area contributed by atoms with E-state index in [9.17, 15) is 13.5 Å². The number of sulfonamides is 1. The maximum absolute atomic E-state index is 12.0. The van der Waals surface area contributed by atoms with Crippen molar-refractivity contribution < 1.29 is 13.5 Å². The Morgan fingerprint density at radius 2 is 2.22 bits per heavy atom. The molecule has 0 saturated heterocycles. The van der Waals surface area contributed by atoms with Crippen LogP contribution in [0.15, 0.2) is 25.5 Å². The van der Waals surface area contributed by atoms with Gasteiger partial charge in [0.05, 0.1) is 15.6 Å². The Balaban J connectivity index is 2.22. The predicted molar refractivity (Wildman–Crippen MR) is 75.6 cm³/mol. The molecule has 0 fully saturated rings. The van der Waals surface area contributed by atoms with Crippen molar-refractivity contribution in [3.05, 3.63) is 27.0 Å². The van der Waals surface area contributed by atoms with Crippen LogP contribution in [0.2, 0.25) is 0 Å². The molecule has 0 aliphatic carbocycles. The van der Waals surface area contributed by atoms with E-state index in [1.54, 1.807) is 18.4 Å². The van der Waals surface area contributed by atoms with Gasteiger partial charge in [0.15, 0.2) is 5.13 Å². The molecule has 0 bridgehead atoms. The van der Waals surface area contributed by atoms with Gasteiger partial charge in [-0.1, -0.05) is 0 Å². The number of aliphatic hydroxyl groups is 1. The highest BCUT2D eigenvalue weighted by atomic mass is 79.9. The van der Waals surface area contributed by atoms with Crippen molar-refractivity contribution in [2.45, 2.75) is 17.2 Å². The minimum absolute atomic E-state index is 0.211. The van der Waals surface area contributed by atoms with Crippen LogP contribution >= 0.6 is 38.6 Å². The molecule has 0 saturated carbocycles. The van der Waals surface area contributed by atoms with E-state index in [0.29, 0.717) is 5.69 Å². The Bertz CT molecular complexity index is 648. The van der Waals surface area contributed by atoms with Crippen molar-refractivity contribution in [1.82, 2.24) is 4.98 Å². The standard InChI is InChI=1S/C9H9BrN2O3S3/c1-5(13)6-4-16-9(11-6)12-18(14,15)8-3-2-7(10)17-8/h2-5,13H,1H3,(H,11,12). The molecular formula is C9H9BrN2O3S3. The fraction of sp³-hybridized carbons (Fsp3) is 0.222. The van der Waals surface area contributed by atoms with E-state index in [2.05, 4.69) is 25.6 Å². The summed E-state index contributed by atoms with van der Waals surface area (Å²) in [5.41, 5.74) is 0.449. The second-order valence-electron chi connectivity index (χ2n) is 3.42. The zero-order valence-corrected chi connectivity index (χ0v) is 13.2. The number of anilines is 1. The number of nitrogens with one attached hydrogen (secondary N) is 1. The second kappa shape index (κ2) is 5.25. The number of thiophene rings is 1. The van der Waals surface area contributed by atoms with Crippen molar-refractivity contribution in [3.8, 4) is 0 Å². The summed E-state index contributed by atoms with van der Waals surface area (Å²) >= 11 is 5.47. The first-order chi connectivity index (χ1) is 8.38. The lowest BCUT2D eigenvalue weighted by Gasteiger charge is -2.02. The van der Waals surface area contributed by atoms with Crippen LogP contribution < -0.4 is 4.72 Å². The van der Waals surface area contributed by atoms with E-state index < -0.39 is 16.1 Å². The summed E-state index contributed by atoms with van der Waals surface area (Å²) in [4.78, 5) is 4.00. The molecule has 2 aromatic heterocycles. The van der Waals surface area contributed by atoms with Gasteiger partial charge in [0.25, 0.3) is 10.0 Å². The van der Waals surface area contributed by atoms with Gasteiger partial charge in [-0.3, -0.25) is 4.72 Å². The lowest BCUT2D eigenvalue weighted by Crippen LogP contribution is -2.11. The largest absolute Gasteiger partial charge is 0.387 e. The Kier molecular flexibility index (Phi) is 4.07. The molecule has 0 aliphatic heterocycles. The van der Waals surface area contributed by atoms with Gasteiger partial charge in [0.1, 0.15) is 4.21 Å². The molecule has 9 heteroatoms. The first-order valence-electron chi connectivity index (χ1n) is 4.80. The Hall–Kier alpha value is -0.480. The molecule has 5 nitrogen and oxygen atoms in total. The zero-order chi connectivity index (χ0) is 13.3. The molecule has 0 radical (unpaired) electrons. The highest BCUT2D eigenvalue weighted by molar-refractivity contribution is 9.11. The SMILES string of the molecule is CC(O)c1csc(NS(=O)(=O)c2ccc(Br)s2)n1. The van der Waals surface area contributed by atoms with Crippen molar-refractivity contribution in [2.75, 3.05) is 4.72 Å². The van der Waals surface area contributed by atoms with Crippen LogP contribution in [-0.4, -0.2) is 18.5 Å². The summed E-state index contributed by atoms with van der Waals surface area (Å²) in [6.07, 6.45) is -0.713. The van der Waals surface area contributed by atoms with E-state index >= 15 is 0 Å². The minimum Gasteiger partial charge on any atom is -0.387 e. The van der Waals surface area contributed by atoms with Crippen LogP contribution in [0.1, 0.15) is 18.7 Å². The van der Waals surface area contributed by atoms with Crippen molar-refractivity contribution in [1.29, 1.82) is 0 Å². The molecule has 18 heavy (non-hydrogen) atoms. The van der Waals surface area contributed by atoms with Crippen LogP contribution in [0.4, 0.5) is 5.13 Å². The van der Waals surface area contributed by atoms with E-state index in [4.69, 9.17) is 0 Å². The summed E-state index contributed by atoms with van der Waals surface area (Å²) in [6.45, 7) is 1.57. The predicted octanol–water partition coefficient (Wildman–Crippen LogP) is 2.82. The number of halogens is 1. The number of hydrogen-bond acceptors (Lipinski definition) is 6. The number of thiazole rings is 1. The average Bonchev–Trinajstić information content (AvgIpc) is 2.86. The van der Waals surface area contributed by atoms with Gasteiger partial charge in [-0.2, -0.15) is 0 Å². The molecule has 1 atom stereocenters. The van der Waals surface area contributed by atoms with Crippen molar-refractivity contribution >= 4 is 53.8 Å². The molecule has 0 spiro atoms. The fourth-order valence-electron chi connectivity index (χ4n) is 1.13. The average molecular weight is 369 g/mol. The van der Waals surface area contributed by atoms with Crippen LogP contribution in [0.5, 0.6) is 0 Å². The quantitative estimate of drug-likeness (QED) is 0.869. The maximum Gasteiger partial charge on any atom is 0.273 e. The molecule has 0 aromatic carbocycles. The van der Waals surface area contributed by atoms with Crippen LogP contribution in [0.25, 0.3) is 0 Å².